The summed E-state index contributed by atoms with van der Waals surface area (Å²) in [6.45, 7) is 8.78. The molecule has 0 atom stereocenters. The minimum Gasteiger partial charge on any atom is -0.491 e. The first-order chi connectivity index (χ1) is 11.8. The molecule has 0 unspecified atom stereocenters. The Morgan fingerprint density at radius 3 is 2.25 bits per heavy atom. The molecule has 0 bridgehead atoms. The van der Waals surface area contributed by atoms with Gasteiger partial charge in [0.1, 0.15) is 5.75 Å². The fraction of sp³-hybridized carbons (Fsp3) is 0.667. The van der Waals surface area contributed by atoms with E-state index in [0.717, 1.165) is 69.2 Å². The Kier molecular flexibility index (Phi) is 7.82. The largest absolute Gasteiger partial charge is 0.491 e. The minimum absolute atomic E-state index is 0.634. The summed E-state index contributed by atoms with van der Waals surface area (Å²) in [6, 6.07) is 3.90. The number of benzene rings is 1. The number of nitrogens with zero attached hydrogens (tertiary/aromatic N) is 2. The highest BCUT2D eigenvalue weighted by Crippen LogP contribution is 2.40. The zero-order valence-electron chi connectivity index (χ0n) is 14.9. The number of rotatable bonds is 10. The molecule has 0 radical (unpaired) electrons. The van der Waals surface area contributed by atoms with Crippen LogP contribution in [-0.2, 0) is 4.74 Å². The van der Waals surface area contributed by atoms with Gasteiger partial charge in [-0.05, 0) is 18.0 Å². The topological polar surface area (TPSA) is 68.9 Å². The van der Waals surface area contributed by atoms with Crippen LogP contribution in [0.4, 0.5) is 11.4 Å². The highest BCUT2D eigenvalue weighted by atomic mass is 16.5. The molecule has 1 heterocycles. The highest BCUT2D eigenvalue weighted by Gasteiger charge is 2.20. The molecule has 1 aliphatic heterocycles. The Hall–Kier alpha value is -1.82. The molecule has 0 saturated carbocycles. The van der Waals surface area contributed by atoms with Crippen LogP contribution in [0.15, 0.2) is 17.2 Å². The molecular weight excluding hydrogens is 306 g/mol. The molecular formula is C18H30N3O3+. The van der Waals surface area contributed by atoms with E-state index < -0.39 is 0 Å². The Balaban J connectivity index is 2.26. The fourth-order valence-corrected chi connectivity index (χ4v) is 2.57. The van der Waals surface area contributed by atoms with Crippen molar-refractivity contribution in [3.05, 3.63) is 12.1 Å². The highest BCUT2D eigenvalue weighted by molar-refractivity contribution is 5.70. The molecule has 1 aliphatic rings. The Morgan fingerprint density at radius 1 is 1.04 bits per heavy atom. The van der Waals surface area contributed by atoms with Crippen LogP contribution < -0.4 is 19.9 Å². The lowest BCUT2D eigenvalue weighted by atomic mass is 10.2. The van der Waals surface area contributed by atoms with Gasteiger partial charge in [-0.3, -0.25) is 0 Å². The van der Waals surface area contributed by atoms with Crippen LogP contribution in [0.2, 0.25) is 0 Å². The number of hydrogen-bond acceptors (Lipinski definition) is 5. The van der Waals surface area contributed by atoms with E-state index in [0.29, 0.717) is 18.9 Å². The van der Waals surface area contributed by atoms with Gasteiger partial charge in [0.05, 0.1) is 32.1 Å². The van der Waals surface area contributed by atoms with Gasteiger partial charge in [-0.1, -0.05) is 26.7 Å². The van der Waals surface area contributed by atoms with E-state index >= 15 is 0 Å². The van der Waals surface area contributed by atoms with Crippen molar-refractivity contribution in [1.29, 1.82) is 0 Å². The van der Waals surface area contributed by atoms with E-state index in [9.17, 15) is 0 Å². The van der Waals surface area contributed by atoms with Gasteiger partial charge in [-0.2, -0.15) is 5.53 Å². The number of ether oxygens (including phenoxy) is 3. The smallest absolute Gasteiger partial charge is 0.175 e. The average Bonchev–Trinajstić information content (AvgIpc) is 2.63. The molecule has 1 aromatic carbocycles. The molecule has 1 fully saturated rings. The molecule has 134 valence electrons. The maximum atomic E-state index is 6.00. The maximum absolute atomic E-state index is 6.00. The van der Waals surface area contributed by atoms with Crippen LogP contribution in [0.3, 0.4) is 0 Å². The third-order valence-electron chi connectivity index (χ3n) is 4.04. The quantitative estimate of drug-likeness (QED) is 0.527. The van der Waals surface area contributed by atoms with Crippen molar-refractivity contribution in [2.24, 2.45) is 5.11 Å². The zero-order valence-corrected chi connectivity index (χ0v) is 14.9. The lowest BCUT2D eigenvalue weighted by Crippen LogP contribution is -2.36. The van der Waals surface area contributed by atoms with Crippen LogP contribution >= 0.6 is 0 Å². The summed E-state index contributed by atoms with van der Waals surface area (Å²) in [5.74, 6) is 1.53. The number of anilines is 1. The Morgan fingerprint density at radius 2 is 1.67 bits per heavy atom. The van der Waals surface area contributed by atoms with Crippen molar-refractivity contribution < 1.29 is 19.7 Å². The summed E-state index contributed by atoms with van der Waals surface area (Å²) in [4.78, 5) is 2.28. The fourth-order valence-electron chi connectivity index (χ4n) is 2.57. The van der Waals surface area contributed by atoms with Gasteiger partial charge in [0.2, 0.25) is 0 Å². The van der Waals surface area contributed by atoms with Crippen molar-refractivity contribution in [3.8, 4) is 11.5 Å². The Bertz CT molecular complexity index is 516. The van der Waals surface area contributed by atoms with Crippen molar-refractivity contribution in [3.63, 3.8) is 0 Å². The molecule has 0 amide bonds. The molecule has 2 N–H and O–H groups in total. The molecule has 6 heteroatoms. The second-order valence-electron chi connectivity index (χ2n) is 5.92. The normalized spacial score (nSPS) is 14.5. The van der Waals surface area contributed by atoms with Crippen LogP contribution in [0.1, 0.15) is 39.5 Å². The molecule has 1 saturated heterocycles. The number of hydrogen-bond donors (Lipinski definition) is 1. The summed E-state index contributed by atoms with van der Waals surface area (Å²) >= 11 is 0. The number of nitrogens with two attached hydrogens (primary N) is 1. The summed E-state index contributed by atoms with van der Waals surface area (Å²) in [5, 5.41) is 3.88. The van der Waals surface area contributed by atoms with Gasteiger partial charge in [-0.25, -0.2) is 0 Å². The van der Waals surface area contributed by atoms with Crippen molar-refractivity contribution >= 4 is 11.4 Å². The second kappa shape index (κ2) is 10.1. The van der Waals surface area contributed by atoms with Gasteiger partial charge in [0.25, 0.3) is 0 Å². The maximum Gasteiger partial charge on any atom is 0.175 e. The average molecular weight is 336 g/mol. The molecule has 24 heavy (non-hydrogen) atoms. The van der Waals surface area contributed by atoms with E-state index in [1.165, 1.54) is 0 Å². The van der Waals surface area contributed by atoms with E-state index in [-0.39, 0.29) is 0 Å². The molecule has 6 nitrogen and oxygen atoms in total. The van der Waals surface area contributed by atoms with Gasteiger partial charge >= 0.3 is 0 Å². The third-order valence-corrected chi connectivity index (χ3v) is 4.04. The van der Waals surface area contributed by atoms with E-state index in [1.807, 2.05) is 12.1 Å². The first-order valence-corrected chi connectivity index (χ1v) is 8.97. The van der Waals surface area contributed by atoms with Crippen molar-refractivity contribution in [1.82, 2.24) is 0 Å². The third kappa shape index (κ3) is 5.09. The summed E-state index contributed by atoms with van der Waals surface area (Å²) in [7, 11) is 0. The first kappa shape index (κ1) is 18.5. The standard InChI is InChI=1S/C18H29N3O3/c1-3-5-9-23-17-14-16(21-7-11-22-12-8-21)18(13-15(17)20-19)24-10-6-4-2/h13-14,19H,3-12H2,1-2H3/p+1. The van der Waals surface area contributed by atoms with Crippen LogP contribution in [0.5, 0.6) is 11.5 Å². The van der Waals surface area contributed by atoms with Crippen molar-refractivity contribution in [2.75, 3.05) is 44.4 Å². The molecule has 0 aromatic heterocycles. The second-order valence-corrected chi connectivity index (χ2v) is 5.92. The van der Waals surface area contributed by atoms with Gasteiger partial charge in [0.15, 0.2) is 11.4 Å². The van der Waals surface area contributed by atoms with Crippen LogP contribution in [-0.4, -0.2) is 39.5 Å². The molecule has 2 rings (SSSR count). The lowest BCUT2D eigenvalue weighted by molar-refractivity contribution is -0.210. The summed E-state index contributed by atoms with van der Waals surface area (Å²) in [5.41, 5.74) is 7.23. The minimum atomic E-state index is 0.634. The van der Waals surface area contributed by atoms with Crippen LogP contribution in [0, 0.1) is 0 Å². The lowest BCUT2D eigenvalue weighted by Gasteiger charge is -2.30. The zero-order chi connectivity index (χ0) is 17.2. The predicted octanol–water partition coefficient (Wildman–Crippen LogP) is 2.72. The molecule has 1 aromatic rings. The number of unbranched alkanes of at least 4 members (excludes halogenated alkanes) is 2. The first-order valence-electron chi connectivity index (χ1n) is 8.97. The molecule has 0 spiro atoms. The molecule has 0 aliphatic carbocycles. The SMILES string of the molecule is CCCCOc1cc(N2CCOCC2)c(OCCCC)cc1N=[NH2+]. The van der Waals surface area contributed by atoms with Crippen LogP contribution in [0.25, 0.3) is 0 Å². The van der Waals surface area contributed by atoms with E-state index in [1.54, 1.807) is 0 Å². The van der Waals surface area contributed by atoms with E-state index in [4.69, 9.17) is 19.7 Å². The summed E-state index contributed by atoms with van der Waals surface area (Å²) in [6.07, 6.45) is 4.21. The van der Waals surface area contributed by atoms with E-state index in [2.05, 4.69) is 23.9 Å². The summed E-state index contributed by atoms with van der Waals surface area (Å²) < 4.78 is 17.4. The Labute approximate surface area is 144 Å². The predicted molar refractivity (Wildman–Crippen MR) is 94.3 cm³/mol. The monoisotopic (exact) mass is 336 g/mol. The van der Waals surface area contributed by atoms with Gasteiger partial charge in [-0.15, -0.1) is 0 Å². The van der Waals surface area contributed by atoms with Gasteiger partial charge in [0, 0.05) is 25.2 Å². The van der Waals surface area contributed by atoms with Crippen molar-refractivity contribution in [2.45, 2.75) is 39.5 Å². The number of morpholine rings is 1. The van der Waals surface area contributed by atoms with Gasteiger partial charge < -0.3 is 19.1 Å².